The molecule has 0 atom stereocenters. The van der Waals surface area contributed by atoms with Gasteiger partial charge in [0.1, 0.15) is 0 Å². The second kappa shape index (κ2) is 7.61. The molecule has 0 spiro atoms. The third kappa shape index (κ3) is 5.00. The number of piperidine rings is 1. The van der Waals surface area contributed by atoms with Gasteiger partial charge in [-0.2, -0.15) is 0 Å². The van der Waals surface area contributed by atoms with Gasteiger partial charge in [-0.3, -0.25) is 9.59 Å². The standard InChI is InChI=1S/C16H23N3O2.ClH/c1-16(2,17)15(21)18-13-7-5-6-12(10-13)11-19-9-4-3-8-14(19)20;/h5-7,10H,3-4,8-9,11,17H2,1-2H3,(H,18,21);1H. The quantitative estimate of drug-likeness (QED) is 0.892. The van der Waals surface area contributed by atoms with E-state index in [0.717, 1.165) is 24.9 Å². The molecule has 0 saturated carbocycles. The predicted molar refractivity (Wildman–Crippen MR) is 89.9 cm³/mol. The molecule has 1 aromatic carbocycles. The Labute approximate surface area is 137 Å². The van der Waals surface area contributed by atoms with E-state index in [4.69, 9.17) is 5.73 Å². The summed E-state index contributed by atoms with van der Waals surface area (Å²) in [5.41, 5.74) is 6.57. The molecule has 3 N–H and O–H groups in total. The van der Waals surface area contributed by atoms with Crippen LogP contribution in [-0.2, 0) is 16.1 Å². The SMILES string of the molecule is CC(C)(N)C(=O)Nc1cccc(CN2CCCCC2=O)c1.Cl. The van der Waals surface area contributed by atoms with Crippen LogP contribution in [0.15, 0.2) is 24.3 Å². The Hall–Kier alpha value is -1.59. The van der Waals surface area contributed by atoms with Gasteiger partial charge in [-0.25, -0.2) is 0 Å². The molecule has 2 rings (SSSR count). The molecule has 1 aliphatic rings. The summed E-state index contributed by atoms with van der Waals surface area (Å²) in [5.74, 6) is -0.0209. The lowest BCUT2D eigenvalue weighted by Gasteiger charge is -2.27. The number of likely N-dealkylation sites (tertiary alicyclic amines) is 1. The zero-order chi connectivity index (χ0) is 15.5. The maximum atomic E-state index is 11.9. The molecule has 122 valence electrons. The van der Waals surface area contributed by atoms with Crippen molar-refractivity contribution in [2.75, 3.05) is 11.9 Å². The monoisotopic (exact) mass is 325 g/mol. The second-order valence-corrected chi connectivity index (χ2v) is 6.15. The molecule has 0 unspecified atom stereocenters. The molecule has 5 nitrogen and oxygen atoms in total. The van der Waals surface area contributed by atoms with E-state index in [0.29, 0.717) is 18.7 Å². The summed E-state index contributed by atoms with van der Waals surface area (Å²) >= 11 is 0. The molecule has 1 aromatic rings. The van der Waals surface area contributed by atoms with Crippen molar-refractivity contribution in [1.29, 1.82) is 0 Å². The van der Waals surface area contributed by atoms with Crippen LogP contribution < -0.4 is 11.1 Å². The molecule has 0 radical (unpaired) electrons. The minimum Gasteiger partial charge on any atom is -0.338 e. The van der Waals surface area contributed by atoms with Crippen LogP contribution >= 0.6 is 12.4 Å². The van der Waals surface area contributed by atoms with Crippen LogP contribution in [-0.4, -0.2) is 28.8 Å². The number of amides is 2. The lowest BCUT2D eigenvalue weighted by atomic mass is 10.1. The Morgan fingerprint density at radius 3 is 2.73 bits per heavy atom. The summed E-state index contributed by atoms with van der Waals surface area (Å²) in [7, 11) is 0. The van der Waals surface area contributed by atoms with E-state index in [1.165, 1.54) is 0 Å². The van der Waals surface area contributed by atoms with Gasteiger partial charge < -0.3 is 16.0 Å². The Morgan fingerprint density at radius 1 is 1.36 bits per heavy atom. The smallest absolute Gasteiger partial charge is 0.243 e. The number of carbonyl (C=O) groups excluding carboxylic acids is 2. The summed E-state index contributed by atoms with van der Waals surface area (Å²) in [4.78, 5) is 25.6. The largest absolute Gasteiger partial charge is 0.338 e. The first-order valence-corrected chi connectivity index (χ1v) is 7.33. The van der Waals surface area contributed by atoms with Crippen LogP contribution in [0.2, 0.25) is 0 Å². The average Bonchev–Trinajstić information content (AvgIpc) is 2.41. The predicted octanol–water partition coefficient (Wildman–Crippen LogP) is 2.30. The summed E-state index contributed by atoms with van der Waals surface area (Å²) in [5, 5.41) is 2.80. The van der Waals surface area contributed by atoms with Crippen LogP contribution in [0, 0.1) is 0 Å². The van der Waals surface area contributed by atoms with Gasteiger partial charge in [0.2, 0.25) is 11.8 Å². The van der Waals surface area contributed by atoms with Crippen LogP contribution in [0.3, 0.4) is 0 Å². The fraction of sp³-hybridized carbons (Fsp3) is 0.500. The molecule has 6 heteroatoms. The molecule has 1 aliphatic heterocycles. The normalized spacial score (nSPS) is 15.2. The number of nitrogens with one attached hydrogen (secondary N) is 1. The van der Waals surface area contributed by atoms with Gasteiger partial charge in [0.05, 0.1) is 5.54 Å². The van der Waals surface area contributed by atoms with Crippen molar-refractivity contribution in [3.05, 3.63) is 29.8 Å². The molecule has 22 heavy (non-hydrogen) atoms. The molecule has 0 aromatic heterocycles. The number of halogens is 1. The van der Waals surface area contributed by atoms with Crippen LogP contribution in [0.1, 0.15) is 38.7 Å². The fourth-order valence-electron chi connectivity index (χ4n) is 2.29. The first-order valence-electron chi connectivity index (χ1n) is 7.33. The number of nitrogens with zero attached hydrogens (tertiary/aromatic N) is 1. The summed E-state index contributed by atoms with van der Waals surface area (Å²) in [6.45, 7) is 4.73. The lowest BCUT2D eigenvalue weighted by molar-refractivity contribution is -0.133. The van der Waals surface area contributed by atoms with Gasteiger partial charge in [0.25, 0.3) is 0 Å². The van der Waals surface area contributed by atoms with Gasteiger partial charge in [-0.05, 0) is 44.4 Å². The Morgan fingerprint density at radius 2 is 2.09 bits per heavy atom. The Balaban J connectivity index is 0.00000242. The Bertz CT molecular complexity index is 540. The van der Waals surface area contributed by atoms with Crippen molar-refractivity contribution in [1.82, 2.24) is 4.90 Å². The van der Waals surface area contributed by atoms with Crippen molar-refractivity contribution >= 4 is 29.9 Å². The molecule has 1 heterocycles. The van der Waals surface area contributed by atoms with Gasteiger partial charge in [0, 0.05) is 25.2 Å². The van der Waals surface area contributed by atoms with E-state index in [2.05, 4.69) is 5.32 Å². The number of anilines is 1. The second-order valence-electron chi connectivity index (χ2n) is 6.15. The van der Waals surface area contributed by atoms with E-state index in [-0.39, 0.29) is 24.2 Å². The summed E-state index contributed by atoms with van der Waals surface area (Å²) < 4.78 is 0. The van der Waals surface area contributed by atoms with Crippen LogP contribution in [0.4, 0.5) is 5.69 Å². The van der Waals surface area contributed by atoms with E-state index >= 15 is 0 Å². The van der Waals surface area contributed by atoms with Crippen LogP contribution in [0.5, 0.6) is 0 Å². The first-order chi connectivity index (χ1) is 9.86. The number of nitrogens with two attached hydrogens (primary N) is 1. The fourth-order valence-corrected chi connectivity index (χ4v) is 2.29. The molecule has 0 aliphatic carbocycles. The van der Waals surface area contributed by atoms with Gasteiger partial charge in [0.15, 0.2) is 0 Å². The maximum absolute atomic E-state index is 11.9. The number of hydrogen-bond donors (Lipinski definition) is 2. The maximum Gasteiger partial charge on any atom is 0.243 e. The van der Waals surface area contributed by atoms with Gasteiger partial charge in [-0.1, -0.05) is 12.1 Å². The van der Waals surface area contributed by atoms with E-state index in [9.17, 15) is 9.59 Å². The van der Waals surface area contributed by atoms with E-state index < -0.39 is 5.54 Å². The summed E-state index contributed by atoms with van der Waals surface area (Å²) in [6.07, 6.45) is 2.68. The number of benzene rings is 1. The number of rotatable bonds is 4. The summed E-state index contributed by atoms with van der Waals surface area (Å²) in [6, 6.07) is 7.56. The third-order valence-corrected chi connectivity index (χ3v) is 3.56. The lowest BCUT2D eigenvalue weighted by Crippen LogP contribution is -2.45. The topological polar surface area (TPSA) is 75.4 Å². The minimum absolute atomic E-state index is 0. The highest BCUT2D eigenvalue weighted by Crippen LogP contribution is 2.17. The molecular weight excluding hydrogens is 302 g/mol. The zero-order valence-electron chi connectivity index (χ0n) is 13.1. The van der Waals surface area contributed by atoms with Crippen LogP contribution in [0.25, 0.3) is 0 Å². The minimum atomic E-state index is -0.918. The Kier molecular flexibility index (Phi) is 6.38. The van der Waals surface area contributed by atoms with Gasteiger partial charge >= 0.3 is 0 Å². The van der Waals surface area contributed by atoms with Crippen molar-refractivity contribution < 1.29 is 9.59 Å². The molecule has 2 amide bonds. The van der Waals surface area contributed by atoms with Crippen molar-refractivity contribution in [3.8, 4) is 0 Å². The van der Waals surface area contributed by atoms with Crippen molar-refractivity contribution in [3.63, 3.8) is 0 Å². The van der Waals surface area contributed by atoms with Crippen molar-refractivity contribution in [2.24, 2.45) is 5.73 Å². The van der Waals surface area contributed by atoms with E-state index in [1.54, 1.807) is 13.8 Å². The van der Waals surface area contributed by atoms with E-state index in [1.807, 2.05) is 29.2 Å². The molecule has 1 saturated heterocycles. The number of hydrogen-bond acceptors (Lipinski definition) is 3. The highest BCUT2D eigenvalue weighted by atomic mass is 35.5. The van der Waals surface area contributed by atoms with Crippen molar-refractivity contribution in [2.45, 2.75) is 45.2 Å². The number of carbonyl (C=O) groups is 2. The molecule has 0 bridgehead atoms. The highest BCUT2D eigenvalue weighted by molar-refractivity contribution is 5.97. The first kappa shape index (κ1) is 18.5. The highest BCUT2D eigenvalue weighted by Gasteiger charge is 2.22. The average molecular weight is 326 g/mol. The molecular formula is C16H24ClN3O2. The zero-order valence-corrected chi connectivity index (χ0v) is 13.9. The van der Waals surface area contributed by atoms with Gasteiger partial charge in [-0.15, -0.1) is 12.4 Å². The third-order valence-electron chi connectivity index (χ3n) is 3.56. The molecule has 1 fully saturated rings.